The fourth-order valence-electron chi connectivity index (χ4n) is 3.41. The van der Waals surface area contributed by atoms with Crippen molar-refractivity contribution in [3.63, 3.8) is 0 Å². The molecule has 0 unspecified atom stereocenters. The SMILES string of the molecule is C.Nc1c(N=Nc2ccc(S(=O)(=O)CCOSOO[O-])cc2)cc(S(=O)(=O)[O-])c(N)c1N=Nc1ccc(S(=O)(=O)CCOS(=O)(=O)[O-])cc1.[Na+].[Na+].[Na+]. The molecule has 0 heterocycles. The van der Waals surface area contributed by atoms with Gasteiger partial charge in [-0.15, -0.1) is 14.6 Å². The molecule has 0 aliphatic rings. The van der Waals surface area contributed by atoms with E-state index < -0.39 is 74.6 Å². The van der Waals surface area contributed by atoms with E-state index in [0.717, 1.165) is 30.3 Å². The molecule has 0 aromatic heterocycles. The largest absolute Gasteiger partial charge is 1.00 e. The second-order valence-corrected chi connectivity index (χ2v) is 15.9. The molecule has 0 aliphatic heterocycles. The van der Waals surface area contributed by atoms with Crippen molar-refractivity contribution in [2.75, 3.05) is 36.2 Å². The summed E-state index contributed by atoms with van der Waals surface area (Å²) >= 11 is 0.147. The van der Waals surface area contributed by atoms with Crippen LogP contribution in [0.1, 0.15) is 7.43 Å². The van der Waals surface area contributed by atoms with Crippen LogP contribution < -0.4 is 105 Å². The molecule has 3 aromatic rings. The van der Waals surface area contributed by atoms with Crippen molar-refractivity contribution in [2.24, 2.45) is 20.5 Å². The Kier molecular flexibility index (Phi) is 24.1. The van der Waals surface area contributed by atoms with Gasteiger partial charge in [-0.25, -0.2) is 33.7 Å². The summed E-state index contributed by atoms with van der Waals surface area (Å²) in [5.41, 5.74) is 10.1. The van der Waals surface area contributed by atoms with Crippen LogP contribution in [0.3, 0.4) is 0 Å². The van der Waals surface area contributed by atoms with Crippen LogP contribution in [-0.4, -0.2) is 67.5 Å². The van der Waals surface area contributed by atoms with Crippen molar-refractivity contribution in [3.8, 4) is 0 Å². The van der Waals surface area contributed by atoms with E-state index in [-0.39, 0.29) is 148 Å². The smallest absolute Gasteiger partial charge is 0.744 e. The van der Waals surface area contributed by atoms with E-state index in [1.807, 2.05) is 0 Å². The van der Waals surface area contributed by atoms with Crippen molar-refractivity contribution in [2.45, 2.75) is 22.1 Å². The third-order valence-corrected chi connectivity index (χ3v) is 10.7. The first-order valence-electron chi connectivity index (χ1n) is 12.4. The van der Waals surface area contributed by atoms with Gasteiger partial charge in [0, 0.05) is 0 Å². The number of hydrogen-bond donors (Lipinski definition) is 2. The molecule has 0 saturated heterocycles. The second-order valence-electron chi connectivity index (χ2n) is 8.81. The molecule has 0 atom stereocenters. The Morgan fingerprint density at radius 1 is 0.673 bits per heavy atom. The van der Waals surface area contributed by atoms with Crippen molar-refractivity contribution in [1.82, 2.24) is 0 Å². The summed E-state index contributed by atoms with van der Waals surface area (Å²) in [7, 11) is -18.2. The molecule has 0 bridgehead atoms. The predicted molar refractivity (Wildman–Crippen MR) is 167 cm³/mol. The molecule has 270 valence electrons. The molecular weight excluding hydrogens is 830 g/mol. The van der Waals surface area contributed by atoms with Crippen LogP contribution in [0.25, 0.3) is 0 Å². The summed E-state index contributed by atoms with van der Waals surface area (Å²) in [5, 5.41) is 28.1. The minimum Gasteiger partial charge on any atom is -0.744 e. The summed E-state index contributed by atoms with van der Waals surface area (Å²) in [5.74, 6) is -1.31. The molecule has 52 heavy (non-hydrogen) atoms. The molecule has 0 fully saturated rings. The zero-order valence-electron chi connectivity index (χ0n) is 26.6. The number of nitrogens with zero attached hydrogens (tertiary/aromatic N) is 4. The number of hydrogen-bond acceptors (Lipinski definition) is 22. The first kappa shape index (κ1) is 53.4. The van der Waals surface area contributed by atoms with Crippen molar-refractivity contribution in [3.05, 3.63) is 54.6 Å². The molecule has 0 amide bonds. The molecular formula is C23H25N6Na3O15S5. The van der Waals surface area contributed by atoms with Gasteiger partial charge in [0.25, 0.3) is 0 Å². The number of rotatable bonds is 17. The van der Waals surface area contributed by atoms with Gasteiger partial charge < -0.3 is 25.8 Å². The van der Waals surface area contributed by atoms with Crippen molar-refractivity contribution in [1.29, 1.82) is 0 Å². The molecule has 0 saturated carbocycles. The van der Waals surface area contributed by atoms with Gasteiger partial charge >= 0.3 is 88.7 Å². The topological polar surface area (TPSA) is 344 Å². The predicted octanol–water partition coefficient (Wildman–Crippen LogP) is -6.94. The van der Waals surface area contributed by atoms with Gasteiger partial charge in [-0.3, -0.25) is 13.4 Å². The molecule has 0 aliphatic carbocycles. The van der Waals surface area contributed by atoms with E-state index in [9.17, 15) is 48.0 Å². The summed E-state index contributed by atoms with van der Waals surface area (Å²) in [6.45, 7) is -1.25. The van der Waals surface area contributed by atoms with E-state index in [4.69, 9.17) is 15.7 Å². The number of azo groups is 2. The van der Waals surface area contributed by atoms with Gasteiger partial charge in [0.15, 0.2) is 32.0 Å². The van der Waals surface area contributed by atoms with Crippen molar-refractivity contribution >= 4 is 86.6 Å². The average molecular weight is 855 g/mol. The zero-order chi connectivity index (χ0) is 35.8. The standard InChI is InChI=1S/C22H24N6O15S5.CH4.3Na/c23-20-18(27-25-14-1-5-16(6-2-14)45(30,31)11-9-40-44-43-42-29)13-19(47(34,35)36)21(24)22(20)28-26-15-3-7-17(8-4-15)46(32,33)12-10-41-48(37,38)39;;;;/h1-8,13,29H,9-12,23-24H2,(H,34,35,36)(H,37,38,39);1H4;;;/q;;3*+1/p-3. The van der Waals surface area contributed by atoms with E-state index in [2.05, 4.69) is 34.0 Å². The molecule has 3 rings (SSSR count). The normalized spacial score (nSPS) is 12.1. The summed E-state index contributed by atoms with van der Waals surface area (Å²) in [6, 6.07) is 10.1. The van der Waals surface area contributed by atoms with Gasteiger partial charge in [-0.1, -0.05) is 7.43 Å². The van der Waals surface area contributed by atoms with Gasteiger partial charge in [-0.2, -0.15) is 10.2 Å². The molecule has 0 spiro atoms. The van der Waals surface area contributed by atoms with Crippen LogP contribution in [0.15, 0.2) is 89.7 Å². The van der Waals surface area contributed by atoms with Crippen LogP contribution >= 0.6 is 12.3 Å². The zero-order valence-corrected chi connectivity index (χ0v) is 36.7. The number of benzene rings is 3. The maximum atomic E-state index is 12.4. The Morgan fingerprint density at radius 3 is 1.58 bits per heavy atom. The molecule has 4 N–H and O–H groups in total. The fraction of sp³-hybridized carbons (Fsp3) is 0.217. The Morgan fingerprint density at radius 2 is 1.13 bits per heavy atom. The Balaban J connectivity index is 0. The maximum absolute atomic E-state index is 12.4. The number of nitrogen functional groups attached to an aromatic ring is 2. The molecule has 21 nitrogen and oxygen atoms in total. The minimum atomic E-state index is -5.21. The third-order valence-electron chi connectivity index (χ3n) is 5.64. The van der Waals surface area contributed by atoms with Crippen LogP contribution in [0.5, 0.6) is 0 Å². The first-order valence-corrected chi connectivity index (χ1v) is 19.1. The molecule has 3 aromatic carbocycles. The van der Waals surface area contributed by atoms with Crippen LogP contribution in [0, 0.1) is 0 Å². The fourth-order valence-corrected chi connectivity index (χ4v) is 6.92. The number of sulfone groups is 2. The Hall–Kier alpha value is -0.670. The van der Waals surface area contributed by atoms with E-state index >= 15 is 0 Å². The Labute approximate surface area is 370 Å². The quantitative estimate of drug-likeness (QED) is 0.0147. The summed E-state index contributed by atoms with van der Waals surface area (Å²) in [6.07, 6.45) is 0. The van der Waals surface area contributed by atoms with E-state index in [1.54, 1.807) is 0 Å². The van der Waals surface area contributed by atoms with Crippen LogP contribution in [-0.2, 0) is 57.9 Å². The molecule has 0 radical (unpaired) electrons. The first-order chi connectivity index (χ1) is 22.3. The number of nitrogens with two attached hydrogens (primary N) is 2. The van der Waals surface area contributed by atoms with Gasteiger partial charge in [0.2, 0.25) is 10.4 Å². The second kappa shape index (κ2) is 23.4. The summed E-state index contributed by atoms with van der Waals surface area (Å²) in [4.78, 5) is -1.37. The summed E-state index contributed by atoms with van der Waals surface area (Å²) < 4.78 is 129. The third kappa shape index (κ3) is 16.6. The Bertz CT molecular complexity index is 2130. The van der Waals surface area contributed by atoms with Gasteiger partial charge in [-0.05, 0) is 54.6 Å². The molecule has 29 heteroatoms. The maximum Gasteiger partial charge on any atom is 1.00 e. The average Bonchev–Trinajstić information content (AvgIpc) is 2.99. The van der Waals surface area contributed by atoms with E-state index in [0.29, 0.717) is 0 Å². The monoisotopic (exact) mass is 854 g/mol. The van der Waals surface area contributed by atoms with Gasteiger partial charge in [0.05, 0.1) is 62.2 Å². The van der Waals surface area contributed by atoms with Crippen LogP contribution in [0.4, 0.5) is 34.1 Å². The van der Waals surface area contributed by atoms with Gasteiger partial charge in [0.1, 0.15) is 21.5 Å². The number of anilines is 2. The van der Waals surface area contributed by atoms with Crippen LogP contribution in [0.2, 0.25) is 0 Å². The van der Waals surface area contributed by atoms with Crippen molar-refractivity contribution < 1.29 is 154 Å². The minimum absolute atomic E-state index is 0. The van der Waals surface area contributed by atoms with E-state index in [1.165, 1.54) is 24.3 Å².